The lowest BCUT2D eigenvalue weighted by Crippen LogP contribution is -2.38. The predicted octanol–water partition coefficient (Wildman–Crippen LogP) is -0.510. The summed E-state index contributed by atoms with van der Waals surface area (Å²) in [5, 5.41) is 6.31. The molecular weight excluding hydrogens is 114 g/mol. The monoisotopic (exact) mass is 131 g/mol. The average Bonchev–Trinajstić information content (AvgIpc) is 1.89. The number of nitrogens with two attached hydrogens (primary N) is 1. The van der Waals surface area contributed by atoms with Crippen LogP contribution >= 0.6 is 0 Å². The van der Waals surface area contributed by atoms with Crippen molar-refractivity contribution in [1.82, 2.24) is 10.6 Å². The first-order valence-corrected chi connectivity index (χ1v) is 3.42. The first kappa shape index (κ1) is 8.88. The second-order valence-electron chi connectivity index (χ2n) is 2.11. The molecule has 0 amide bonds. The zero-order valence-electron chi connectivity index (χ0n) is 6.28. The maximum atomic E-state index is 5.30. The van der Waals surface area contributed by atoms with Crippen molar-refractivity contribution in [2.45, 2.75) is 19.5 Å². The van der Waals surface area contributed by atoms with E-state index in [-0.39, 0.29) is 0 Å². The molecule has 0 aliphatic heterocycles. The topological polar surface area (TPSA) is 50.1 Å². The third kappa shape index (κ3) is 5.76. The van der Waals surface area contributed by atoms with Crippen molar-refractivity contribution < 1.29 is 0 Å². The SMILES string of the molecule is CNC(C)NCCCN. The van der Waals surface area contributed by atoms with Crippen LogP contribution in [-0.4, -0.2) is 26.3 Å². The molecule has 0 saturated heterocycles. The van der Waals surface area contributed by atoms with Gasteiger partial charge in [0.15, 0.2) is 0 Å². The van der Waals surface area contributed by atoms with Crippen molar-refractivity contribution >= 4 is 0 Å². The smallest absolute Gasteiger partial charge is 0.0540 e. The molecule has 1 atom stereocenters. The first-order chi connectivity index (χ1) is 4.31. The molecule has 0 aromatic carbocycles. The molecule has 0 spiro atoms. The van der Waals surface area contributed by atoms with Crippen LogP contribution in [-0.2, 0) is 0 Å². The van der Waals surface area contributed by atoms with Gasteiger partial charge in [0.25, 0.3) is 0 Å². The van der Waals surface area contributed by atoms with Gasteiger partial charge in [-0.05, 0) is 33.5 Å². The average molecular weight is 131 g/mol. The van der Waals surface area contributed by atoms with E-state index in [0.717, 1.165) is 19.5 Å². The Morgan fingerprint density at radius 1 is 1.56 bits per heavy atom. The van der Waals surface area contributed by atoms with Gasteiger partial charge in [0.2, 0.25) is 0 Å². The minimum atomic E-state index is 0.400. The van der Waals surface area contributed by atoms with E-state index in [0.29, 0.717) is 6.17 Å². The van der Waals surface area contributed by atoms with Gasteiger partial charge in [0.05, 0.1) is 6.17 Å². The van der Waals surface area contributed by atoms with Gasteiger partial charge in [-0.3, -0.25) is 0 Å². The Kier molecular flexibility index (Phi) is 5.93. The quantitative estimate of drug-likeness (QED) is 0.348. The van der Waals surface area contributed by atoms with Gasteiger partial charge in [0, 0.05) is 0 Å². The third-order valence-corrected chi connectivity index (χ3v) is 1.26. The summed E-state index contributed by atoms with van der Waals surface area (Å²) >= 11 is 0. The fourth-order valence-electron chi connectivity index (χ4n) is 0.523. The Labute approximate surface area is 57.0 Å². The van der Waals surface area contributed by atoms with Gasteiger partial charge in [-0.1, -0.05) is 0 Å². The minimum absolute atomic E-state index is 0.400. The number of hydrogen-bond donors (Lipinski definition) is 3. The van der Waals surface area contributed by atoms with E-state index in [1.54, 1.807) is 0 Å². The molecule has 3 nitrogen and oxygen atoms in total. The van der Waals surface area contributed by atoms with Crippen molar-refractivity contribution in [3.8, 4) is 0 Å². The highest BCUT2D eigenvalue weighted by molar-refractivity contribution is 4.53. The van der Waals surface area contributed by atoms with Crippen LogP contribution in [0.1, 0.15) is 13.3 Å². The second kappa shape index (κ2) is 6.01. The molecule has 0 bridgehead atoms. The fourth-order valence-corrected chi connectivity index (χ4v) is 0.523. The number of rotatable bonds is 5. The number of hydrogen-bond acceptors (Lipinski definition) is 3. The van der Waals surface area contributed by atoms with Crippen molar-refractivity contribution in [1.29, 1.82) is 0 Å². The molecule has 0 aliphatic carbocycles. The summed E-state index contributed by atoms with van der Waals surface area (Å²) in [5.74, 6) is 0. The van der Waals surface area contributed by atoms with E-state index in [2.05, 4.69) is 17.6 Å². The van der Waals surface area contributed by atoms with E-state index >= 15 is 0 Å². The first-order valence-electron chi connectivity index (χ1n) is 3.42. The van der Waals surface area contributed by atoms with Crippen LogP contribution in [0.15, 0.2) is 0 Å². The maximum Gasteiger partial charge on any atom is 0.0540 e. The molecule has 0 heterocycles. The molecule has 9 heavy (non-hydrogen) atoms. The molecule has 1 unspecified atom stereocenters. The summed E-state index contributed by atoms with van der Waals surface area (Å²) in [6.07, 6.45) is 1.45. The lowest BCUT2D eigenvalue weighted by atomic mass is 10.4. The maximum absolute atomic E-state index is 5.30. The molecule has 56 valence electrons. The van der Waals surface area contributed by atoms with Crippen molar-refractivity contribution in [3.05, 3.63) is 0 Å². The van der Waals surface area contributed by atoms with Crippen molar-refractivity contribution in [3.63, 3.8) is 0 Å². The zero-order chi connectivity index (χ0) is 7.11. The molecule has 4 N–H and O–H groups in total. The summed E-state index contributed by atoms with van der Waals surface area (Å²) in [4.78, 5) is 0. The molecule has 0 radical (unpaired) electrons. The third-order valence-electron chi connectivity index (χ3n) is 1.26. The van der Waals surface area contributed by atoms with E-state index in [1.807, 2.05) is 7.05 Å². The standard InChI is InChI=1S/C6H17N3/c1-6(8-2)9-5-3-4-7/h6,8-9H,3-5,7H2,1-2H3. The lowest BCUT2D eigenvalue weighted by molar-refractivity contribution is 0.485. The Morgan fingerprint density at radius 3 is 2.67 bits per heavy atom. The van der Waals surface area contributed by atoms with Gasteiger partial charge in [-0.2, -0.15) is 0 Å². The van der Waals surface area contributed by atoms with Gasteiger partial charge in [-0.25, -0.2) is 0 Å². The largest absolute Gasteiger partial charge is 0.330 e. The van der Waals surface area contributed by atoms with E-state index in [9.17, 15) is 0 Å². The molecule has 0 aliphatic rings. The highest BCUT2D eigenvalue weighted by Gasteiger charge is 1.92. The van der Waals surface area contributed by atoms with Crippen LogP contribution in [0.4, 0.5) is 0 Å². The van der Waals surface area contributed by atoms with E-state index in [1.165, 1.54) is 0 Å². The zero-order valence-corrected chi connectivity index (χ0v) is 6.28. The second-order valence-corrected chi connectivity index (χ2v) is 2.11. The lowest BCUT2D eigenvalue weighted by Gasteiger charge is -2.10. The van der Waals surface area contributed by atoms with Gasteiger partial charge >= 0.3 is 0 Å². The van der Waals surface area contributed by atoms with Crippen molar-refractivity contribution in [2.75, 3.05) is 20.1 Å². The Balaban J connectivity index is 2.88. The fraction of sp³-hybridized carbons (Fsp3) is 1.00. The highest BCUT2D eigenvalue weighted by atomic mass is 15.1. The molecule has 0 rings (SSSR count). The van der Waals surface area contributed by atoms with Gasteiger partial charge in [0.1, 0.15) is 0 Å². The molecule has 0 fully saturated rings. The van der Waals surface area contributed by atoms with Crippen LogP contribution in [0, 0.1) is 0 Å². The van der Waals surface area contributed by atoms with Crippen LogP contribution in [0.2, 0.25) is 0 Å². The van der Waals surface area contributed by atoms with Crippen LogP contribution in [0.25, 0.3) is 0 Å². The van der Waals surface area contributed by atoms with E-state index < -0.39 is 0 Å². The van der Waals surface area contributed by atoms with Crippen LogP contribution < -0.4 is 16.4 Å². The van der Waals surface area contributed by atoms with Crippen molar-refractivity contribution in [2.24, 2.45) is 5.73 Å². The molecule has 3 heteroatoms. The minimum Gasteiger partial charge on any atom is -0.330 e. The Morgan fingerprint density at radius 2 is 2.22 bits per heavy atom. The van der Waals surface area contributed by atoms with Crippen LogP contribution in [0.3, 0.4) is 0 Å². The van der Waals surface area contributed by atoms with E-state index in [4.69, 9.17) is 5.73 Å². The summed E-state index contributed by atoms with van der Waals surface area (Å²) in [6, 6.07) is 0. The molecule has 0 aromatic rings. The predicted molar refractivity (Wildman–Crippen MR) is 40.2 cm³/mol. The number of nitrogens with one attached hydrogen (secondary N) is 2. The summed E-state index contributed by atoms with van der Waals surface area (Å²) in [6.45, 7) is 3.85. The summed E-state index contributed by atoms with van der Waals surface area (Å²) in [7, 11) is 1.93. The molecule has 0 saturated carbocycles. The van der Waals surface area contributed by atoms with Gasteiger partial charge < -0.3 is 16.4 Å². The molecular formula is C6H17N3. The molecule has 0 aromatic heterocycles. The highest BCUT2D eigenvalue weighted by Crippen LogP contribution is 1.73. The summed E-state index contributed by atoms with van der Waals surface area (Å²) < 4.78 is 0. The Hall–Kier alpha value is -0.120. The Bertz CT molecular complexity index is 56.3. The summed E-state index contributed by atoms with van der Waals surface area (Å²) in [5.41, 5.74) is 5.30. The van der Waals surface area contributed by atoms with Crippen LogP contribution in [0.5, 0.6) is 0 Å². The normalized spacial score (nSPS) is 13.7. The van der Waals surface area contributed by atoms with Gasteiger partial charge in [-0.15, -0.1) is 0 Å².